The lowest BCUT2D eigenvalue weighted by Gasteiger charge is -2.23. The lowest BCUT2D eigenvalue weighted by molar-refractivity contribution is -0.122. The van der Waals surface area contributed by atoms with Crippen LogP contribution in [0.25, 0.3) is 0 Å². The van der Waals surface area contributed by atoms with E-state index >= 15 is 0 Å². The smallest absolute Gasteiger partial charge is 0.142 e. The number of rotatable bonds is 3. The number of hydrogen-bond donors (Lipinski definition) is 0. The van der Waals surface area contributed by atoms with E-state index in [0.717, 1.165) is 5.56 Å². The highest BCUT2D eigenvalue weighted by Crippen LogP contribution is 2.24. The molecule has 1 nitrogen and oxygen atoms in total. The van der Waals surface area contributed by atoms with Gasteiger partial charge in [0.25, 0.3) is 0 Å². The van der Waals surface area contributed by atoms with Crippen LogP contribution in [0.3, 0.4) is 0 Å². The van der Waals surface area contributed by atoms with Crippen molar-refractivity contribution in [2.75, 3.05) is 6.67 Å². The van der Waals surface area contributed by atoms with Crippen LogP contribution in [-0.2, 0) is 10.2 Å². The van der Waals surface area contributed by atoms with Gasteiger partial charge in [-0.3, -0.25) is 4.79 Å². The van der Waals surface area contributed by atoms with Crippen LogP contribution in [0.1, 0.15) is 19.4 Å². The molecule has 1 aromatic carbocycles. The van der Waals surface area contributed by atoms with Crippen molar-refractivity contribution in [3.63, 3.8) is 0 Å². The predicted molar refractivity (Wildman–Crippen MR) is 50.5 cm³/mol. The summed E-state index contributed by atoms with van der Waals surface area (Å²) in [5.74, 6) is -0.138. The molecule has 0 saturated heterocycles. The number of alkyl halides is 1. The molecule has 2 heteroatoms. The molecule has 0 aliphatic carbocycles. The highest BCUT2D eigenvalue weighted by Gasteiger charge is 2.31. The quantitative estimate of drug-likeness (QED) is 0.698. The molecular weight excluding hydrogens is 167 g/mol. The molecule has 0 amide bonds. The van der Waals surface area contributed by atoms with Crippen LogP contribution in [0, 0.1) is 0 Å². The van der Waals surface area contributed by atoms with E-state index in [9.17, 15) is 9.18 Å². The third kappa shape index (κ3) is 1.77. The second-order valence-electron chi connectivity index (χ2n) is 3.39. The Bertz CT molecular complexity index is 294. The topological polar surface area (TPSA) is 17.1 Å². The van der Waals surface area contributed by atoms with Crippen molar-refractivity contribution in [1.29, 1.82) is 0 Å². The Kier molecular flexibility index (Phi) is 2.81. The summed E-state index contributed by atoms with van der Waals surface area (Å²) >= 11 is 0. The number of carbonyl (C=O) groups is 1. The maximum absolute atomic E-state index is 12.8. The van der Waals surface area contributed by atoms with Gasteiger partial charge in [0.2, 0.25) is 0 Å². The zero-order valence-electron chi connectivity index (χ0n) is 7.88. The van der Waals surface area contributed by atoms with E-state index in [4.69, 9.17) is 0 Å². The Labute approximate surface area is 77.6 Å². The van der Waals surface area contributed by atoms with Gasteiger partial charge in [0.05, 0.1) is 5.41 Å². The first-order chi connectivity index (χ1) is 6.11. The Morgan fingerprint density at radius 2 is 1.92 bits per heavy atom. The summed E-state index contributed by atoms with van der Waals surface area (Å²) in [5.41, 5.74) is -0.230. The van der Waals surface area contributed by atoms with Crippen molar-refractivity contribution >= 4 is 5.78 Å². The van der Waals surface area contributed by atoms with Crippen molar-refractivity contribution in [3.8, 4) is 0 Å². The third-order valence-electron chi connectivity index (χ3n) is 2.46. The molecule has 1 rings (SSSR count). The number of hydrogen-bond acceptors (Lipinski definition) is 1. The molecule has 1 unspecified atom stereocenters. The molecule has 0 N–H and O–H groups in total. The summed E-state index contributed by atoms with van der Waals surface area (Å²) < 4.78 is 12.8. The fourth-order valence-corrected chi connectivity index (χ4v) is 1.18. The van der Waals surface area contributed by atoms with E-state index in [1.165, 1.54) is 6.92 Å². The first-order valence-corrected chi connectivity index (χ1v) is 4.24. The lowest BCUT2D eigenvalue weighted by Crippen LogP contribution is -2.32. The number of halogens is 1. The molecule has 13 heavy (non-hydrogen) atoms. The van der Waals surface area contributed by atoms with E-state index in [0.29, 0.717) is 0 Å². The Hall–Kier alpha value is -1.18. The average molecular weight is 180 g/mol. The normalized spacial score (nSPS) is 15.0. The predicted octanol–water partition coefficient (Wildman–Crippen LogP) is 2.50. The van der Waals surface area contributed by atoms with Crippen molar-refractivity contribution in [1.82, 2.24) is 0 Å². The van der Waals surface area contributed by atoms with Gasteiger partial charge in [-0.25, -0.2) is 4.39 Å². The number of carbonyl (C=O) groups excluding carboxylic acids is 1. The van der Waals surface area contributed by atoms with E-state index in [-0.39, 0.29) is 5.78 Å². The molecule has 0 aliphatic heterocycles. The van der Waals surface area contributed by atoms with E-state index in [1.54, 1.807) is 19.1 Å². The van der Waals surface area contributed by atoms with Gasteiger partial charge in [0, 0.05) is 0 Å². The van der Waals surface area contributed by atoms with Crippen molar-refractivity contribution in [2.45, 2.75) is 19.3 Å². The summed E-state index contributed by atoms with van der Waals surface area (Å²) in [6, 6.07) is 9.03. The summed E-state index contributed by atoms with van der Waals surface area (Å²) in [6.07, 6.45) is 0. The maximum Gasteiger partial charge on any atom is 0.142 e. The van der Waals surface area contributed by atoms with E-state index in [1.807, 2.05) is 18.2 Å². The molecule has 0 radical (unpaired) electrons. The van der Waals surface area contributed by atoms with Crippen LogP contribution in [-0.4, -0.2) is 12.5 Å². The molecule has 0 bridgehead atoms. The molecule has 1 aromatic rings. The Morgan fingerprint density at radius 3 is 2.31 bits per heavy atom. The summed E-state index contributed by atoms with van der Waals surface area (Å²) in [5, 5.41) is 0. The molecule has 0 aromatic heterocycles. The molecule has 0 fully saturated rings. The van der Waals surface area contributed by atoms with Crippen LogP contribution >= 0.6 is 0 Å². The third-order valence-corrected chi connectivity index (χ3v) is 2.46. The minimum Gasteiger partial charge on any atom is -0.299 e. The second-order valence-corrected chi connectivity index (χ2v) is 3.39. The fraction of sp³-hybridized carbons (Fsp3) is 0.364. The molecule has 0 heterocycles. The minimum absolute atomic E-state index is 0.138. The minimum atomic E-state index is -0.971. The SMILES string of the molecule is CC(=O)C(C)(CF)c1ccccc1. The number of benzene rings is 1. The van der Waals surface area contributed by atoms with Gasteiger partial charge in [-0.15, -0.1) is 0 Å². The van der Waals surface area contributed by atoms with Gasteiger partial charge in [0.1, 0.15) is 12.5 Å². The average Bonchev–Trinajstić information content (AvgIpc) is 2.17. The summed E-state index contributed by atoms with van der Waals surface area (Å²) in [6.45, 7) is 2.41. The van der Waals surface area contributed by atoms with Gasteiger partial charge in [-0.2, -0.15) is 0 Å². The summed E-state index contributed by atoms with van der Waals surface area (Å²) in [7, 11) is 0. The lowest BCUT2D eigenvalue weighted by atomic mass is 9.80. The Morgan fingerprint density at radius 1 is 1.38 bits per heavy atom. The zero-order valence-corrected chi connectivity index (χ0v) is 7.88. The highest BCUT2D eigenvalue weighted by molar-refractivity contribution is 5.87. The largest absolute Gasteiger partial charge is 0.299 e. The molecule has 1 atom stereocenters. The number of Topliss-reactive ketones (excluding diaryl/α,β-unsaturated/α-hetero) is 1. The van der Waals surface area contributed by atoms with Crippen LogP contribution in [0.5, 0.6) is 0 Å². The van der Waals surface area contributed by atoms with Gasteiger partial charge >= 0.3 is 0 Å². The number of ketones is 1. The van der Waals surface area contributed by atoms with Crippen LogP contribution in [0.2, 0.25) is 0 Å². The Balaban J connectivity index is 3.11. The van der Waals surface area contributed by atoms with Gasteiger partial charge in [-0.1, -0.05) is 30.3 Å². The zero-order chi connectivity index (χ0) is 9.90. The summed E-state index contributed by atoms with van der Waals surface area (Å²) in [4.78, 5) is 11.3. The van der Waals surface area contributed by atoms with Gasteiger partial charge < -0.3 is 0 Å². The molecule has 70 valence electrons. The van der Waals surface area contributed by atoms with Crippen LogP contribution in [0.4, 0.5) is 4.39 Å². The van der Waals surface area contributed by atoms with Crippen molar-refractivity contribution < 1.29 is 9.18 Å². The maximum atomic E-state index is 12.8. The van der Waals surface area contributed by atoms with E-state index < -0.39 is 12.1 Å². The first kappa shape index (κ1) is 9.90. The van der Waals surface area contributed by atoms with Crippen molar-refractivity contribution in [2.24, 2.45) is 0 Å². The van der Waals surface area contributed by atoms with Crippen LogP contribution in [0.15, 0.2) is 30.3 Å². The van der Waals surface area contributed by atoms with Crippen molar-refractivity contribution in [3.05, 3.63) is 35.9 Å². The monoisotopic (exact) mass is 180 g/mol. The van der Waals surface area contributed by atoms with Gasteiger partial charge in [-0.05, 0) is 19.4 Å². The fourth-order valence-electron chi connectivity index (χ4n) is 1.18. The standard InChI is InChI=1S/C11H13FO/c1-9(13)11(2,8-12)10-6-4-3-5-7-10/h3-7H,8H2,1-2H3. The highest BCUT2D eigenvalue weighted by atomic mass is 19.1. The first-order valence-electron chi connectivity index (χ1n) is 4.24. The molecule has 0 spiro atoms. The molecule has 0 saturated carbocycles. The van der Waals surface area contributed by atoms with Crippen LogP contribution < -0.4 is 0 Å². The molecule has 0 aliphatic rings. The molecular formula is C11H13FO. The second kappa shape index (κ2) is 3.69. The van der Waals surface area contributed by atoms with E-state index in [2.05, 4.69) is 0 Å². The van der Waals surface area contributed by atoms with Gasteiger partial charge in [0.15, 0.2) is 0 Å².